The molecule has 4 rings (SSSR count). The van der Waals surface area contributed by atoms with Gasteiger partial charge in [-0.3, -0.25) is 9.78 Å². The summed E-state index contributed by atoms with van der Waals surface area (Å²) in [6, 6.07) is 11.2. The number of methoxy groups -OCH3 is 1. The van der Waals surface area contributed by atoms with Crippen LogP contribution in [0.5, 0.6) is 5.75 Å². The summed E-state index contributed by atoms with van der Waals surface area (Å²) in [6.07, 6.45) is 6.49. The number of halogens is 1. The molecule has 0 unspecified atom stereocenters. The van der Waals surface area contributed by atoms with E-state index in [1.807, 2.05) is 36.5 Å². The number of nitrogens with zero attached hydrogens (tertiary/aromatic N) is 4. The number of thiazole rings is 1. The number of fused-ring (bicyclic) bond motifs is 1. The zero-order valence-corrected chi connectivity index (χ0v) is 22.7. The van der Waals surface area contributed by atoms with Crippen LogP contribution in [-0.2, 0) is 4.79 Å². The molecule has 0 aliphatic carbocycles. The van der Waals surface area contributed by atoms with Crippen molar-refractivity contribution in [2.75, 3.05) is 38.4 Å². The van der Waals surface area contributed by atoms with E-state index in [9.17, 15) is 10.1 Å². The van der Waals surface area contributed by atoms with Crippen LogP contribution in [0.3, 0.4) is 0 Å². The number of nitriles is 1. The van der Waals surface area contributed by atoms with Gasteiger partial charge in [0.2, 0.25) is 5.91 Å². The molecule has 0 saturated carbocycles. The highest BCUT2D eigenvalue weighted by Gasteiger charge is 2.15. The lowest BCUT2D eigenvalue weighted by molar-refractivity contribution is -0.111. The number of benzene rings is 2. The van der Waals surface area contributed by atoms with Gasteiger partial charge in [0.15, 0.2) is 4.34 Å². The normalized spacial score (nSPS) is 11.1. The third-order valence-corrected chi connectivity index (χ3v) is 7.50. The molecule has 0 aliphatic heterocycles. The number of nitrogens with one attached hydrogen (secondary N) is 2. The van der Waals surface area contributed by atoms with Crippen LogP contribution in [0, 0.1) is 11.3 Å². The summed E-state index contributed by atoms with van der Waals surface area (Å²) in [6.45, 7) is 0.634. The van der Waals surface area contributed by atoms with Crippen LogP contribution in [0.2, 0.25) is 5.02 Å². The van der Waals surface area contributed by atoms with Gasteiger partial charge in [0, 0.05) is 52.4 Å². The van der Waals surface area contributed by atoms with Gasteiger partial charge in [-0.05, 0) is 38.4 Å². The summed E-state index contributed by atoms with van der Waals surface area (Å²) in [5.41, 5.74) is 2.65. The second-order valence-electron chi connectivity index (χ2n) is 8.05. The Balaban J connectivity index is 1.68. The van der Waals surface area contributed by atoms with Crippen molar-refractivity contribution in [1.82, 2.24) is 14.9 Å². The number of aromatic nitrogens is 2. The van der Waals surface area contributed by atoms with Gasteiger partial charge in [-0.25, -0.2) is 4.98 Å². The highest BCUT2D eigenvalue weighted by atomic mass is 35.5. The lowest BCUT2D eigenvalue weighted by atomic mass is 10.1. The monoisotopic (exact) mass is 550 g/mol. The van der Waals surface area contributed by atoms with Crippen LogP contribution in [0.4, 0.5) is 17.1 Å². The van der Waals surface area contributed by atoms with Gasteiger partial charge in [0.1, 0.15) is 11.8 Å². The van der Waals surface area contributed by atoms with E-state index >= 15 is 0 Å². The van der Waals surface area contributed by atoms with E-state index in [-0.39, 0.29) is 5.91 Å². The second kappa shape index (κ2) is 12.1. The van der Waals surface area contributed by atoms with E-state index in [2.05, 4.69) is 26.7 Å². The van der Waals surface area contributed by atoms with E-state index in [1.54, 1.807) is 41.8 Å². The van der Waals surface area contributed by atoms with E-state index in [4.69, 9.17) is 16.3 Å². The average molecular weight is 551 g/mol. The molecular weight excluding hydrogens is 528 g/mol. The molecule has 11 heteroatoms. The smallest absolute Gasteiger partial charge is 0.248 e. The molecule has 37 heavy (non-hydrogen) atoms. The molecule has 0 aliphatic rings. The molecule has 8 nitrogen and oxygen atoms in total. The van der Waals surface area contributed by atoms with Crippen molar-refractivity contribution in [3.8, 4) is 11.8 Å². The third kappa shape index (κ3) is 6.58. The summed E-state index contributed by atoms with van der Waals surface area (Å²) >= 11 is 9.58. The molecular formula is C26H23ClN6O2S2. The van der Waals surface area contributed by atoms with Crippen molar-refractivity contribution in [3.05, 3.63) is 70.8 Å². The topological polar surface area (TPSA) is 103 Å². The first kappa shape index (κ1) is 26.4. The molecule has 188 valence electrons. The maximum absolute atomic E-state index is 12.5. The fourth-order valence-electron chi connectivity index (χ4n) is 3.41. The largest absolute Gasteiger partial charge is 0.494 e. The molecule has 0 fully saturated rings. The number of hydrogen-bond donors (Lipinski definition) is 2. The fourth-order valence-corrected chi connectivity index (χ4v) is 5.29. The van der Waals surface area contributed by atoms with Gasteiger partial charge in [0.25, 0.3) is 0 Å². The Morgan fingerprint density at radius 3 is 2.81 bits per heavy atom. The van der Waals surface area contributed by atoms with E-state index in [0.29, 0.717) is 50.8 Å². The molecule has 0 spiro atoms. The highest BCUT2D eigenvalue weighted by Crippen LogP contribution is 2.39. The van der Waals surface area contributed by atoms with Crippen molar-refractivity contribution in [2.24, 2.45) is 0 Å². The van der Waals surface area contributed by atoms with Gasteiger partial charge in [-0.1, -0.05) is 29.4 Å². The van der Waals surface area contributed by atoms with Gasteiger partial charge < -0.3 is 20.3 Å². The molecule has 0 radical (unpaired) electrons. The first-order valence-corrected chi connectivity index (χ1v) is 13.1. The van der Waals surface area contributed by atoms with Crippen molar-refractivity contribution in [1.29, 1.82) is 5.26 Å². The Hall–Kier alpha value is -3.62. The van der Waals surface area contributed by atoms with Crippen molar-refractivity contribution < 1.29 is 9.53 Å². The molecule has 1 amide bonds. The molecule has 2 aromatic heterocycles. The molecule has 0 saturated heterocycles. The third-order valence-electron chi connectivity index (χ3n) is 5.12. The molecule has 2 aromatic carbocycles. The van der Waals surface area contributed by atoms with Crippen LogP contribution in [0.1, 0.15) is 5.56 Å². The van der Waals surface area contributed by atoms with E-state index < -0.39 is 0 Å². The predicted molar refractivity (Wildman–Crippen MR) is 150 cm³/mol. The summed E-state index contributed by atoms with van der Waals surface area (Å²) in [5, 5.41) is 19.1. The number of carbonyl (C=O) groups excluding carboxylic acids is 1. The maximum Gasteiger partial charge on any atom is 0.248 e. The van der Waals surface area contributed by atoms with E-state index in [1.165, 1.54) is 31.1 Å². The lowest BCUT2D eigenvalue weighted by Gasteiger charge is -2.15. The number of ether oxygens (including phenoxy) is 1. The SMILES string of the molecule is COc1cc2ncc(C#N)c(Nc3ccc(Sc4nccs4)c(Cl)c3)c2cc1NC(=O)C=CCN(C)C. The minimum absolute atomic E-state index is 0.293. The average Bonchev–Trinajstić information content (AvgIpc) is 3.38. The Morgan fingerprint density at radius 2 is 2.14 bits per heavy atom. The zero-order chi connectivity index (χ0) is 26.4. The van der Waals surface area contributed by atoms with Crippen LogP contribution in [-0.4, -0.2) is 48.5 Å². The van der Waals surface area contributed by atoms with Crippen LogP contribution in [0.25, 0.3) is 10.9 Å². The fraction of sp³-hybridized carbons (Fsp3) is 0.154. The Labute approximate surface area is 227 Å². The first-order chi connectivity index (χ1) is 17.9. The number of carbonyl (C=O) groups is 1. The van der Waals surface area contributed by atoms with Crippen molar-refractivity contribution >= 4 is 68.6 Å². The zero-order valence-electron chi connectivity index (χ0n) is 20.3. The standard InChI is InChI=1S/C26H23ClN6O2S2/c1-33(2)9-4-5-24(34)32-21-12-18-20(13-22(21)35-3)30-15-16(14-28)25(18)31-17-6-7-23(19(27)11-17)37-26-29-8-10-36-26/h4-8,10-13,15H,9H2,1-3H3,(H,30,31)(H,32,34). The highest BCUT2D eigenvalue weighted by molar-refractivity contribution is 8.01. The Kier molecular flexibility index (Phi) is 8.63. The maximum atomic E-state index is 12.5. The first-order valence-electron chi connectivity index (χ1n) is 11.0. The van der Waals surface area contributed by atoms with Crippen LogP contribution >= 0.6 is 34.7 Å². The van der Waals surface area contributed by atoms with Crippen molar-refractivity contribution in [2.45, 2.75) is 9.24 Å². The Morgan fingerprint density at radius 1 is 1.30 bits per heavy atom. The van der Waals surface area contributed by atoms with Gasteiger partial charge in [-0.2, -0.15) is 5.26 Å². The molecule has 0 atom stereocenters. The second-order valence-corrected chi connectivity index (χ2v) is 10.6. The van der Waals surface area contributed by atoms with Gasteiger partial charge in [-0.15, -0.1) is 11.3 Å². The predicted octanol–water partition coefficient (Wildman–Crippen LogP) is 6.18. The minimum Gasteiger partial charge on any atom is -0.494 e. The van der Waals surface area contributed by atoms with Gasteiger partial charge >= 0.3 is 0 Å². The van der Waals surface area contributed by atoms with Gasteiger partial charge in [0.05, 0.1) is 34.6 Å². The number of likely N-dealkylation sites (N-methyl/N-ethyl adjacent to an activating group) is 1. The lowest BCUT2D eigenvalue weighted by Crippen LogP contribution is -2.13. The molecule has 0 bridgehead atoms. The van der Waals surface area contributed by atoms with Crippen LogP contribution in [0.15, 0.2) is 69.5 Å². The van der Waals surface area contributed by atoms with E-state index in [0.717, 1.165) is 9.24 Å². The summed E-state index contributed by atoms with van der Waals surface area (Å²) in [5.74, 6) is 0.162. The summed E-state index contributed by atoms with van der Waals surface area (Å²) in [7, 11) is 5.36. The van der Waals surface area contributed by atoms with Crippen molar-refractivity contribution in [3.63, 3.8) is 0 Å². The molecule has 2 N–H and O–H groups in total. The number of hydrogen-bond acceptors (Lipinski definition) is 9. The van der Waals surface area contributed by atoms with Crippen LogP contribution < -0.4 is 15.4 Å². The number of rotatable bonds is 9. The molecule has 4 aromatic rings. The Bertz CT molecular complexity index is 1500. The summed E-state index contributed by atoms with van der Waals surface area (Å²) < 4.78 is 6.38. The minimum atomic E-state index is -0.293. The quantitative estimate of drug-likeness (QED) is 0.238. The number of amides is 1. The number of pyridine rings is 1. The summed E-state index contributed by atoms with van der Waals surface area (Å²) in [4.78, 5) is 24.0. The number of anilines is 3. The molecule has 2 heterocycles.